The second kappa shape index (κ2) is 7.94. The Morgan fingerprint density at radius 2 is 1.80 bits per heavy atom. The minimum atomic E-state index is 0.832. The highest BCUT2D eigenvalue weighted by molar-refractivity contribution is 7.07. The molecule has 2 aromatic carbocycles. The van der Waals surface area contributed by atoms with Crippen LogP contribution >= 0.6 is 11.3 Å². The minimum Gasteiger partial charge on any atom is -0.497 e. The van der Waals surface area contributed by atoms with E-state index in [2.05, 4.69) is 58.3 Å². The third-order valence-electron chi connectivity index (χ3n) is 3.93. The second-order valence-electron chi connectivity index (χ2n) is 5.63. The Bertz CT molecular complexity index is 919. The van der Waals surface area contributed by atoms with Gasteiger partial charge in [0.2, 0.25) is 4.80 Å². The maximum atomic E-state index is 5.16. The van der Waals surface area contributed by atoms with Crippen molar-refractivity contribution in [3.05, 3.63) is 69.8 Å². The number of nitrogens with zero attached hydrogens (tertiary/aromatic N) is 3. The van der Waals surface area contributed by atoms with Crippen LogP contribution in [-0.2, 0) is 6.54 Å². The Labute approximate surface area is 151 Å². The summed E-state index contributed by atoms with van der Waals surface area (Å²) in [4.78, 5) is 0.892. The zero-order valence-electron chi connectivity index (χ0n) is 14.6. The summed E-state index contributed by atoms with van der Waals surface area (Å²) >= 11 is 1.60. The van der Waals surface area contributed by atoms with Crippen molar-refractivity contribution in [1.82, 2.24) is 4.57 Å². The lowest BCUT2D eigenvalue weighted by molar-refractivity contribution is 0.415. The maximum absolute atomic E-state index is 5.16. The standard InChI is InChI=1S/C20H21N3OS/c1-4-23-19(17-9-5-15(2)6-10-17)14-25-20(23)22-21-13-16-7-11-18(24-3)12-8-16/h5-14H,4H2,1-3H3/b21-13-,22-20-. The molecule has 0 aliphatic rings. The number of thiazole rings is 1. The molecule has 0 radical (unpaired) electrons. The second-order valence-corrected chi connectivity index (χ2v) is 6.47. The van der Waals surface area contributed by atoms with E-state index in [0.717, 1.165) is 22.7 Å². The summed E-state index contributed by atoms with van der Waals surface area (Å²) in [5.41, 5.74) is 4.62. The van der Waals surface area contributed by atoms with Crippen LogP contribution in [0.4, 0.5) is 0 Å². The van der Waals surface area contributed by atoms with Crippen molar-refractivity contribution in [2.24, 2.45) is 10.2 Å². The molecule has 4 nitrogen and oxygen atoms in total. The molecule has 0 aliphatic carbocycles. The predicted octanol–water partition coefficient (Wildman–Crippen LogP) is 4.49. The van der Waals surface area contributed by atoms with Gasteiger partial charge >= 0.3 is 0 Å². The normalized spacial score (nSPS) is 12.0. The Morgan fingerprint density at radius 3 is 2.44 bits per heavy atom. The number of benzene rings is 2. The minimum absolute atomic E-state index is 0.832. The van der Waals surface area contributed by atoms with E-state index >= 15 is 0 Å². The van der Waals surface area contributed by atoms with Gasteiger partial charge in [0, 0.05) is 11.9 Å². The van der Waals surface area contributed by atoms with Crippen LogP contribution in [0.1, 0.15) is 18.1 Å². The van der Waals surface area contributed by atoms with E-state index in [1.807, 2.05) is 24.3 Å². The molecule has 1 heterocycles. The molecule has 1 aromatic heterocycles. The maximum Gasteiger partial charge on any atom is 0.211 e. The Morgan fingerprint density at radius 1 is 1.08 bits per heavy atom. The van der Waals surface area contributed by atoms with Crippen molar-refractivity contribution >= 4 is 17.6 Å². The lowest BCUT2D eigenvalue weighted by Crippen LogP contribution is -2.14. The number of methoxy groups -OCH3 is 1. The molecule has 0 saturated carbocycles. The monoisotopic (exact) mass is 351 g/mol. The summed E-state index contributed by atoms with van der Waals surface area (Å²) in [6, 6.07) is 16.3. The highest BCUT2D eigenvalue weighted by Crippen LogP contribution is 2.20. The average molecular weight is 351 g/mol. The summed E-state index contributed by atoms with van der Waals surface area (Å²) in [5, 5.41) is 10.8. The van der Waals surface area contributed by atoms with Crippen LogP contribution < -0.4 is 9.54 Å². The zero-order chi connectivity index (χ0) is 17.6. The fourth-order valence-electron chi connectivity index (χ4n) is 2.51. The van der Waals surface area contributed by atoms with Crippen molar-refractivity contribution in [3.63, 3.8) is 0 Å². The van der Waals surface area contributed by atoms with E-state index in [1.165, 1.54) is 16.8 Å². The highest BCUT2D eigenvalue weighted by atomic mass is 32.1. The predicted molar refractivity (Wildman–Crippen MR) is 104 cm³/mol. The van der Waals surface area contributed by atoms with Gasteiger partial charge in [-0.25, -0.2) is 0 Å². The third-order valence-corrected chi connectivity index (χ3v) is 4.78. The van der Waals surface area contributed by atoms with Gasteiger partial charge in [-0.2, -0.15) is 5.10 Å². The first kappa shape index (κ1) is 17.2. The molecule has 25 heavy (non-hydrogen) atoms. The first-order valence-electron chi connectivity index (χ1n) is 8.17. The summed E-state index contributed by atoms with van der Waals surface area (Å²) in [7, 11) is 1.66. The van der Waals surface area contributed by atoms with E-state index in [1.54, 1.807) is 24.7 Å². The van der Waals surface area contributed by atoms with Crippen molar-refractivity contribution in [2.75, 3.05) is 7.11 Å². The average Bonchev–Trinajstić information content (AvgIpc) is 3.06. The quantitative estimate of drug-likeness (QED) is 0.493. The van der Waals surface area contributed by atoms with Crippen molar-refractivity contribution in [3.8, 4) is 17.0 Å². The first-order valence-corrected chi connectivity index (χ1v) is 9.05. The van der Waals surface area contributed by atoms with E-state index in [-0.39, 0.29) is 0 Å². The molecular formula is C20H21N3OS. The number of ether oxygens (including phenoxy) is 1. The Kier molecular flexibility index (Phi) is 5.46. The van der Waals surface area contributed by atoms with Crippen molar-refractivity contribution in [2.45, 2.75) is 20.4 Å². The fraction of sp³-hybridized carbons (Fsp3) is 0.200. The van der Waals surface area contributed by atoms with Gasteiger partial charge in [-0.15, -0.1) is 16.4 Å². The van der Waals surface area contributed by atoms with E-state index in [0.29, 0.717) is 0 Å². The lowest BCUT2D eigenvalue weighted by atomic mass is 10.1. The summed E-state index contributed by atoms with van der Waals surface area (Å²) in [5.74, 6) is 0.832. The van der Waals surface area contributed by atoms with Crippen LogP contribution in [0.25, 0.3) is 11.3 Å². The Hall–Kier alpha value is -2.66. The molecule has 0 N–H and O–H groups in total. The fourth-order valence-corrected chi connectivity index (χ4v) is 3.43. The van der Waals surface area contributed by atoms with Gasteiger partial charge in [-0.3, -0.25) is 0 Å². The number of rotatable bonds is 5. The molecule has 0 unspecified atom stereocenters. The topological polar surface area (TPSA) is 38.9 Å². The van der Waals surface area contributed by atoms with Gasteiger partial charge in [-0.05, 0) is 49.2 Å². The highest BCUT2D eigenvalue weighted by Gasteiger charge is 2.06. The zero-order valence-corrected chi connectivity index (χ0v) is 15.5. The molecule has 3 rings (SSSR count). The van der Waals surface area contributed by atoms with E-state index < -0.39 is 0 Å². The van der Waals surface area contributed by atoms with Crippen molar-refractivity contribution < 1.29 is 4.74 Å². The first-order chi connectivity index (χ1) is 12.2. The van der Waals surface area contributed by atoms with Gasteiger partial charge in [0.1, 0.15) is 5.75 Å². The van der Waals surface area contributed by atoms with Gasteiger partial charge in [0.05, 0.1) is 19.0 Å². The molecule has 0 spiro atoms. The van der Waals surface area contributed by atoms with Gasteiger partial charge in [0.25, 0.3) is 0 Å². The molecule has 0 fully saturated rings. The van der Waals surface area contributed by atoms with Crippen LogP contribution in [0.3, 0.4) is 0 Å². The van der Waals surface area contributed by atoms with E-state index in [9.17, 15) is 0 Å². The van der Waals surface area contributed by atoms with Crippen LogP contribution in [0.15, 0.2) is 64.1 Å². The molecule has 0 amide bonds. The molecule has 0 aliphatic heterocycles. The van der Waals surface area contributed by atoms with E-state index in [4.69, 9.17) is 4.74 Å². The van der Waals surface area contributed by atoms with Crippen LogP contribution in [0.2, 0.25) is 0 Å². The number of aryl methyl sites for hydroxylation is 1. The van der Waals surface area contributed by atoms with Crippen molar-refractivity contribution in [1.29, 1.82) is 0 Å². The Balaban J connectivity index is 1.87. The smallest absolute Gasteiger partial charge is 0.211 e. The number of hydrogen-bond donors (Lipinski definition) is 0. The number of aromatic nitrogens is 1. The van der Waals surface area contributed by atoms with Gasteiger partial charge in [0.15, 0.2) is 0 Å². The largest absolute Gasteiger partial charge is 0.497 e. The molecule has 0 atom stereocenters. The molecular weight excluding hydrogens is 330 g/mol. The molecule has 5 heteroatoms. The molecule has 128 valence electrons. The SMILES string of the molecule is CCn1c(-c2ccc(C)cc2)cs/c1=N\N=C/c1ccc(OC)cc1. The molecule has 0 saturated heterocycles. The van der Waals surface area contributed by atoms with Crippen LogP contribution in [0, 0.1) is 6.92 Å². The van der Waals surface area contributed by atoms with Crippen LogP contribution in [-0.4, -0.2) is 17.9 Å². The summed E-state index contributed by atoms with van der Waals surface area (Å²) in [6.45, 7) is 5.07. The summed E-state index contributed by atoms with van der Waals surface area (Å²) < 4.78 is 7.34. The van der Waals surface area contributed by atoms with Gasteiger partial charge in [-0.1, -0.05) is 29.8 Å². The molecule has 3 aromatic rings. The van der Waals surface area contributed by atoms with Crippen LogP contribution in [0.5, 0.6) is 5.75 Å². The van der Waals surface area contributed by atoms with Gasteiger partial charge < -0.3 is 9.30 Å². The molecule has 0 bridgehead atoms. The number of hydrogen-bond acceptors (Lipinski definition) is 4. The summed E-state index contributed by atoms with van der Waals surface area (Å²) in [6.07, 6.45) is 1.75. The third kappa shape index (κ3) is 4.06. The lowest BCUT2D eigenvalue weighted by Gasteiger charge is -2.05.